The van der Waals surface area contributed by atoms with Gasteiger partial charge in [-0.15, -0.1) is 0 Å². The summed E-state index contributed by atoms with van der Waals surface area (Å²) in [7, 11) is 1.78. The maximum Gasteiger partial charge on any atom is 0.254 e. The highest BCUT2D eigenvalue weighted by molar-refractivity contribution is 6.42. The van der Waals surface area contributed by atoms with Crippen molar-refractivity contribution in [1.82, 2.24) is 9.74 Å². The van der Waals surface area contributed by atoms with Gasteiger partial charge < -0.3 is 5.32 Å². The summed E-state index contributed by atoms with van der Waals surface area (Å²) in [6.45, 7) is 2.51. The number of carbonyl (C=O) groups is 1. The molecule has 0 aliphatic carbocycles. The van der Waals surface area contributed by atoms with Crippen LogP contribution in [0.5, 0.6) is 0 Å². The summed E-state index contributed by atoms with van der Waals surface area (Å²) in [6.07, 6.45) is 2.40. The van der Waals surface area contributed by atoms with Gasteiger partial charge in [-0.1, -0.05) is 66.9 Å². The Morgan fingerprint density at radius 3 is 2.31 bits per heavy atom. The van der Waals surface area contributed by atoms with Crippen LogP contribution in [0, 0.1) is 0 Å². The SMILES string of the molecule is CCC[C@H](NC)C(=O)N(Cl)CCc1ccc(-c2ccc(Cl)c(Cl)c2)cc1. The van der Waals surface area contributed by atoms with Crippen molar-refractivity contribution in [2.45, 2.75) is 32.2 Å². The molecule has 0 radical (unpaired) electrons. The maximum atomic E-state index is 12.3. The van der Waals surface area contributed by atoms with Gasteiger partial charge in [0.2, 0.25) is 0 Å². The van der Waals surface area contributed by atoms with E-state index in [1.54, 1.807) is 13.1 Å². The number of nitrogens with one attached hydrogen (secondary N) is 1. The number of nitrogens with zero attached hydrogens (tertiary/aromatic N) is 1. The highest BCUT2D eigenvalue weighted by atomic mass is 35.5. The fourth-order valence-corrected chi connectivity index (χ4v) is 3.23. The molecule has 140 valence electrons. The van der Waals surface area contributed by atoms with Crippen molar-refractivity contribution in [1.29, 1.82) is 0 Å². The van der Waals surface area contributed by atoms with E-state index in [0.717, 1.165) is 29.5 Å². The van der Waals surface area contributed by atoms with Gasteiger partial charge in [0.1, 0.15) is 0 Å². The molecule has 1 N–H and O–H groups in total. The van der Waals surface area contributed by atoms with Crippen LogP contribution in [-0.2, 0) is 11.2 Å². The number of rotatable bonds is 8. The van der Waals surface area contributed by atoms with Crippen molar-refractivity contribution in [3.05, 3.63) is 58.1 Å². The van der Waals surface area contributed by atoms with Crippen LogP contribution in [0.2, 0.25) is 10.0 Å². The van der Waals surface area contributed by atoms with E-state index in [4.69, 9.17) is 35.0 Å². The molecule has 0 fully saturated rings. The molecule has 2 aromatic rings. The number of halogens is 3. The summed E-state index contributed by atoms with van der Waals surface area (Å²) in [5.41, 5.74) is 3.18. The van der Waals surface area contributed by atoms with E-state index in [1.165, 1.54) is 4.42 Å². The van der Waals surface area contributed by atoms with Crippen molar-refractivity contribution in [2.24, 2.45) is 0 Å². The zero-order valence-corrected chi connectivity index (χ0v) is 17.2. The van der Waals surface area contributed by atoms with E-state index in [9.17, 15) is 4.79 Å². The lowest BCUT2D eigenvalue weighted by molar-refractivity contribution is -0.128. The fourth-order valence-electron chi connectivity index (χ4n) is 2.73. The smallest absolute Gasteiger partial charge is 0.254 e. The summed E-state index contributed by atoms with van der Waals surface area (Å²) in [5.74, 6) is -0.0801. The van der Waals surface area contributed by atoms with Gasteiger partial charge in [0.25, 0.3) is 5.91 Å². The molecule has 0 spiro atoms. The minimum absolute atomic E-state index is 0.0801. The molecule has 0 aromatic heterocycles. The third-order valence-corrected chi connectivity index (χ3v) is 5.34. The second kappa shape index (κ2) is 10.2. The molecule has 0 bridgehead atoms. The average Bonchev–Trinajstić information content (AvgIpc) is 2.66. The van der Waals surface area contributed by atoms with Gasteiger partial charge in [-0.05, 0) is 48.7 Å². The first-order valence-electron chi connectivity index (χ1n) is 8.65. The number of carbonyl (C=O) groups excluding carboxylic acids is 1. The molecule has 0 saturated carbocycles. The first-order valence-corrected chi connectivity index (χ1v) is 9.74. The van der Waals surface area contributed by atoms with Gasteiger partial charge in [0.05, 0.1) is 16.1 Å². The Morgan fingerprint density at radius 2 is 1.73 bits per heavy atom. The number of hydrogen-bond acceptors (Lipinski definition) is 2. The fraction of sp³-hybridized carbons (Fsp3) is 0.350. The Kier molecular flexibility index (Phi) is 8.23. The minimum Gasteiger partial charge on any atom is -0.309 e. The monoisotopic (exact) mass is 412 g/mol. The molecule has 3 nitrogen and oxygen atoms in total. The lowest BCUT2D eigenvalue weighted by Gasteiger charge is -2.20. The largest absolute Gasteiger partial charge is 0.309 e. The van der Waals surface area contributed by atoms with Crippen LogP contribution in [0.3, 0.4) is 0 Å². The molecule has 1 atom stereocenters. The van der Waals surface area contributed by atoms with Gasteiger partial charge in [0, 0.05) is 18.3 Å². The van der Waals surface area contributed by atoms with Crippen LogP contribution in [0.25, 0.3) is 11.1 Å². The predicted molar refractivity (Wildman–Crippen MR) is 111 cm³/mol. The first kappa shape index (κ1) is 21.0. The van der Waals surface area contributed by atoms with Crippen molar-refractivity contribution in [3.8, 4) is 11.1 Å². The van der Waals surface area contributed by atoms with Crippen LogP contribution in [0.4, 0.5) is 0 Å². The van der Waals surface area contributed by atoms with Gasteiger partial charge in [-0.3, -0.25) is 9.21 Å². The molecule has 0 aliphatic heterocycles. The van der Waals surface area contributed by atoms with E-state index in [2.05, 4.69) is 5.32 Å². The van der Waals surface area contributed by atoms with E-state index in [0.29, 0.717) is 23.0 Å². The average molecular weight is 414 g/mol. The van der Waals surface area contributed by atoms with Gasteiger partial charge in [-0.2, -0.15) is 0 Å². The van der Waals surface area contributed by atoms with Gasteiger partial charge in [-0.25, -0.2) is 0 Å². The van der Waals surface area contributed by atoms with E-state index in [1.807, 2.05) is 43.3 Å². The maximum absolute atomic E-state index is 12.3. The van der Waals surface area contributed by atoms with Crippen molar-refractivity contribution in [3.63, 3.8) is 0 Å². The molecule has 2 rings (SSSR count). The van der Waals surface area contributed by atoms with E-state index >= 15 is 0 Å². The molecule has 0 saturated heterocycles. The second-order valence-electron chi connectivity index (χ2n) is 6.13. The number of amides is 1. The molecular formula is C20H23Cl3N2O. The lowest BCUT2D eigenvalue weighted by atomic mass is 10.0. The molecule has 2 aromatic carbocycles. The standard InChI is InChI=1S/C20H23Cl3N2O/c1-3-4-19(24-2)20(26)25(23)12-11-14-5-7-15(8-6-14)16-9-10-17(21)18(22)13-16/h5-10,13,19,24H,3-4,11-12H2,1-2H3/t19-/m0/s1. The van der Waals surface area contributed by atoms with Gasteiger partial charge >= 0.3 is 0 Å². The molecule has 6 heteroatoms. The normalized spacial score (nSPS) is 12.0. The third kappa shape index (κ3) is 5.62. The summed E-state index contributed by atoms with van der Waals surface area (Å²) in [4.78, 5) is 12.3. The Morgan fingerprint density at radius 1 is 1.08 bits per heavy atom. The molecule has 0 aliphatic rings. The molecular weight excluding hydrogens is 391 g/mol. The highest BCUT2D eigenvalue weighted by Crippen LogP contribution is 2.28. The van der Waals surface area contributed by atoms with Crippen LogP contribution in [0.1, 0.15) is 25.3 Å². The Hall–Kier alpha value is -1.26. The zero-order valence-electron chi connectivity index (χ0n) is 14.9. The minimum atomic E-state index is -0.227. The number of hydrogen-bond donors (Lipinski definition) is 1. The summed E-state index contributed by atoms with van der Waals surface area (Å²) < 4.78 is 1.28. The van der Waals surface area contributed by atoms with Crippen LogP contribution in [0.15, 0.2) is 42.5 Å². The zero-order chi connectivity index (χ0) is 19.1. The van der Waals surface area contributed by atoms with Crippen molar-refractivity contribution < 1.29 is 4.79 Å². The summed E-state index contributed by atoms with van der Waals surface area (Å²) >= 11 is 18.2. The Balaban J connectivity index is 1.96. The molecule has 0 heterocycles. The topological polar surface area (TPSA) is 32.3 Å². The Labute approximate surface area is 170 Å². The molecule has 1 amide bonds. The summed E-state index contributed by atoms with van der Waals surface area (Å²) in [5, 5.41) is 4.10. The second-order valence-corrected chi connectivity index (χ2v) is 7.35. The Bertz CT molecular complexity index is 734. The number of benzene rings is 2. The lowest BCUT2D eigenvalue weighted by Crippen LogP contribution is -2.41. The van der Waals surface area contributed by atoms with Gasteiger partial charge in [0.15, 0.2) is 0 Å². The highest BCUT2D eigenvalue weighted by Gasteiger charge is 2.20. The van der Waals surface area contributed by atoms with E-state index in [-0.39, 0.29) is 11.9 Å². The first-order chi connectivity index (χ1) is 12.5. The third-order valence-electron chi connectivity index (χ3n) is 4.27. The molecule has 0 unspecified atom stereocenters. The number of likely N-dealkylation sites (N-methyl/N-ethyl adjacent to an activating group) is 1. The summed E-state index contributed by atoms with van der Waals surface area (Å²) in [6, 6.07) is 13.5. The van der Waals surface area contributed by atoms with Crippen LogP contribution >= 0.6 is 35.0 Å². The van der Waals surface area contributed by atoms with Crippen LogP contribution < -0.4 is 5.32 Å². The van der Waals surface area contributed by atoms with E-state index < -0.39 is 0 Å². The quantitative estimate of drug-likeness (QED) is 0.573. The predicted octanol–water partition coefficient (Wildman–Crippen LogP) is 5.57. The molecule has 26 heavy (non-hydrogen) atoms. The van der Waals surface area contributed by atoms with Crippen molar-refractivity contribution in [2.75, 3.05) is 13.6 Å². The van der Waals surface area contributed by atoms with Crippen molar-refractivity contribution >= 4 is 40.9 Å². The van der Waals surface area contributed by atoms with Crippen LogP contribution in [-0.4, -0.2) is 30.0 Å².